The quantitative estimate of drug-likeness (QED) is 0.846. The molecule has 1 saturated carbocycles. The molecule has 0 saturated heterocycles. The highest BCUT2D eigenvalue weighted by molar-refractivity contribution is 7.09. The zero-order valence-electron chi connectivity index (χ0n) is 12.2. The van der Waals surface area contributed by atoms with Crippen molar-refractivity contribution in [1.29, 1.82) is 0 Å². The third kappa shape index (κ3) is 2.93. The Bertz CT molecular complexity index is 589. The molecular weight excluding hydrogens is 268 g/mol. The van der Waals surface area contributed by atoms with Crippen molar-refractivity contribution in [2.75, 3.05) is 30.9 Å². The van der Waals surface area contributed by atoms with E-state index < -0.39 is 0 Å². The fourth-order valence-corrected chi connectivity index (χ4v) is 2.87. The van der Waals surface area contributed by atoms with Gasteiger partial charge in [0.25, 0.3) is 0 Å². The number of anilines is 2. The molecule has 1 heterocycles. The average molecular weight is 288 g/mol. The van der Waals surface area contributed by atoms with Gasteiger partial charge >= 0.3 is 0 Å². The number of aromatic nitrogens is 2. The smallest absolute Gasteiger partial charge is 0.205 e. The van der Waals surface area contributed by atoms with Crippen LogP contribution < -0.4 is 9.80 Å². The standard InChI is InChI=1S/C15H20N4S/c1-18(2)13-6-4-5-11(9-13)10-19(3)15-16-14(17-20-15)12-7-8-12/h4-6,9,12H,7-8,10H2,1-3H3. The van der Waals surface area contributed by atoms with E-state index in [1.54, 1.807) is 0 Å². The number of hydrogen-bond donors (Lipinski definition) is 0. The highest BCUT2D eigenvalue weighted by Gasteiger charge is 2.28. The molecule has 1 aliphatic rings. The summed E-state index contributed by atoms with van der Waals surface area (Å²) >= 11 is 1.51. The molecule has 0 unspecified atom stereocenters. The lowest BCUT2D eigenvalue weighted by Gasteiger charge is -2.18. The van der Waals surface area contributed by atoms with Crippen LogP contribution in [0.5, 0.6) is 0 Å². The van der Waals surface area contributed by atoms with E-state index in [1.807, 2.05) is 0 Å². The predicted molar refractivity (Wildman–Crippen MR) is 84.8 cm³/mol. The molecule has 0 aliphatic heterocycles. The lowest BCUT2D eigenvalue weighted by molar-refractivity contribution is 0.894. The lowest BCUT2D eigenvalue weighted by Crippen LogP contribution is -2.17. The van der Waals surface area contributed by atoms with Crippen LogP contribution in [0.3, 0.4) is 0 Å². The minimum atomic E-state index is 0.630. The fourth-order valence-electron chi connectivity index (χ4n) is 2.16. The molecule has 1 fully saturated rings. The molecule has 5 heteroatoms. The molecule has 0 radical (unpaired) electrons. The van der Waals surface area contributed by atoms with Crippen LogP contribution in [-0.2, 0) is 6.54 Å². The van der Waals surface area contributed by atoms with Crippen LogP contribution in [0.1, 0.15) is 30.1 Å². The predicted octanol–water partition coefficient (Wildman–Crippen LogP) is 3.12. The van der Waals surface area contributed by atoms with Gasteiger partial charge < -0.3 is 9.80 Å². The summed E-state index contributed by atoms with van der Waals surface area (Å²) in [6.07, 6.45) is 2.51. The molecule has 1 aromatic heterocycles. The summed E-state index contributed by atoms with van der Waals surface area (Å²) in [5.74, 6) is 1.67. The maximum Gasteiger partial charge on any atom is 0.205 e. The third-order valence-electron chi connectivity index (χ3n) is 3.55. The summed E-state index contributed by atoms with van der Waals surface area (Å²) in [5, 5.41) is 1.02. The number of benzene rings is 1. The Kier molecular flexibility index (Phi) is 3.61. The topological polar surface area (TPSA) is 32.3 Å². The maximum atomic E-state index is 4.65. The Morgan fingerprint density at radius 1 is 1.25 bits per heavy atom. The molecule has 0 spiro atoms. The van der Waals surface area contributed by atoms with Gasteiger partial charge in [0.2, 0.25) is 5.13 Å². The summed E-state index contributed by atoms with van der Waals surface area (Å²) in [4.78, 5) is 8.95. The second-order valence-corrected chi connectivity index (χ2v) is 6.36. The normalized spacial score (nSPS) is 14.3. The molecule has 20 heavy (non-hydrogen) atoms. The molecule has 2 aromatic rings. The van der Waals surface area contributed by atoms with Crippen molar-refractivity contribution in [1.82, 2.24) is 9.36 Å². The van der Waals surface area contributed by atoms with Gasteiger partial charge in [-0.3, -0.25) is 0 Å². The van der Waals surface area contributed by atoms with E-state index in [1.165, 1.54) is 35.6 Å². The Hall–Kier alpha value is -1.62. The minimum absolute atomic E-state index is 0.630. The summed E-state index contributed by atoms with van der Waals surface area (Å²) < 4.78 is 4.47. The van der Waals surface area contributed by atoms with E-state index in [0.29, 0.717) is 5.92 Å². The van der Waals surface area contributed by atoms with Crippen molar-refractivity contribution in [2.45, 2.75) is 25.3 Å². The molecular formula is C15H20N4S. The van der Waals surface area contributed by atoms with Gasteiger partial charge in [0.05, 0.1) is 0 Å². The summed E-state index contributed by atoms with van der Waals surface area (Å²) in [6.45, 7) is 0.862. The van der Waals surface area contributed by atoms with Crippen molar-refractivity contribution in [3.63, 3.8) is 0 Å². The molecule has 1 aromatic carbocycles. The van der Waals surface area contributed by atoms with Crippen LogP contribution >= 0.6 is 11.5 Å². The molecule has 3 rings (SSSR count). The molecule has 0 bridgehead atoms. The molecule has 1 aliphatic carbocycles. The van der Waals surface area contributed by atoms with Gasteiger partial charge in [0.1, 0.15) is 5.82 Å². The first-order valence-electron chi connectivity index (χ1n) is 6.94. The van der Waals surface area contributed by atoms with Crippen LogP contribution in [0.15, 0.2) is 24.3 Å². The first kappa shape index (κ1) is 13.4. The van der Waals surface area contributed by atoms with Crippen LogP contribution in [0.2, 0.25) is 0 Å². The van der Waals surface area contributed by atoms with E-state index in [0.717, 1.165) is 17.5 Å². The van der Waals surface area contributed by atoms with Crippen molar-refractivity contribution >= 4 is 22.4 Å². The minimum Gasteiger partial charge on any atom is -0.378 e. The zero-order chi connectivity index (χ0) is 14.1. The average Bonchev–Trinajstić information content (AvgIpc) is 3.16. The first-order chi connectivity index (χ1) is 9.63. The summed E-state index contributed by atoms with van der Waals surface area (Å²) in [7, 11) is 6.21. The Balaban J connectivity index is 1.70. The molecule has 0 amide bonds. The van der Waals surface area contributed by atoms with E-state index in [4.69, 9.17) is 0 Å². The summed E-state index contributed by atoms with van der Waals surface area (Å²) in [5.41, 5.74) is 2.52. The Labute approximate surface area is 124 Å². The van der Waals surface area contributed by atoms with Crippen LogP contribution in [-0.4, -0.2) is 30.5 Å². The highest BCUT2D eigenvalue weighted by atomic mass is 32.1. The van der Waals surface area contributed by atoms with Gasteiger partial charge in [-0.05, 0) is 30.5 Å². The van der Waals surface area contributed by atoms with E-state index in [-0.39, 0.29) is 0 Å². The van der Waals surface area contributed by atoms with Gasteiger partial charge in [-0.25, -0.2) is 4.98 Å². The largest absolute Gasteiger partial charge is 0.378 e. The SMILES string of the molecule is CN(C)c1cccc(CN(C)c2nc(C3CC3)ns2)c1. The van der Waals surface area contributed by atoms with Crippen molar-refractivity contribution in [2.24, 2.45) is 0 Å². The second kappa shape index (κ2) is 5.40. The van der Waals surface area contributed by atoms with Crippen LogP contribution in [0.4, 0.5) is 10.8 Å². The van der Waals surface area contributed by atoms with Crippen molar-refractivity contribution in [3.8, 4) is 0 Å². The van der Waals surface area contributed by atoms with Crippen LogP contribution in [0.25, 0.3) is 0 Å². The van der Waals surface area contributed by atoms with Crippen molar-refractivity contribution in [3.05, 3.63) is 35.7 Å². The second-order valence-electron chi connectivity index (χ2n) is 5.63. The van der Waals surface area contributed by atoms with Gasteiger partial charge in [0.15, 0.2) is 0 Å². The van der Waals surface area contributed by atoms with Gasteiger partial charge in [0, 0.05) is 50.8 Å². The molecule has 0 atom stereocenters. The molecule has 0 N–H and O–H groups in total. The highest BCUT2D eigenvalue weighted by Crippen LogP contribution is 2.39. The monoisotopic (exact) mass is 288 g/mol. The Morgan fingerprint density at radius 2 is 2.05 bits per heavy atom. The van der Waals surface area contributed by atoms with Gasteiger partial charge in [-0.1, -0.05) is 12.1 Å². The lowest BCUT2D eigenvalue weighted by atomic mass is 10.2. The van der Waals surface area contributed by atoms with Crippen LogP contribution in [0, 0.1) is 0 Å². The number of hydrogen-bond acceptors (Lipinski definition) is 5. The van der Waals surface area contributed by atoms with E-state index in [9.17, 15) is 0 Å². The van der Waals surface area contributed by atoms with Crippen molar-refractivity contribution < 1.29 is 0 Å². The van der Waals surface area contributed by atoms with Gasteiger partial charge in [-0.2, -0.15) is 4.37 Å². The third-order valence-corrected chi connectivity index (χ3v) is 4.39. The first-order valence-corrected chi connectivity index (χ1v) is 7.72. The molecule has 4 nitrogen and oxygen atoms in total. The number of rotatable bonds is 5. The van der Waals surface area contributed by atoms with Gasteiger partial charge in [-0.15, -0.1) is 0 Å². The molecule has 106 valence electrons. The van der Waals surface area contributed by atoms with E-state index in [2.05, 4.69) is 64.6 Å². The summed E-state index contributed by atoms with van der Waals surface area (Å²) in [6, 6.07) is 8.61. The zero-order valence-corrected chi connectivity index (χ0v) is 13.0. The fraction of sp³-hybridized carbons (Fsp3) is 0.467. The Morgan fingerprint density at radius 3 is 2.75 bits per heavy atom. The van der Waals surface area contributed by atoms with E-state index >= 15 is 0 Å². The number of nitrogens with zero attached hydrogens (tertiary/aromatic N) is 4. The maximum absolute atomic E-state index is 4.65.